The van der Waals surface area contributed by atoms with Crippen molar-refractivity contribution >= 4 is 28.6 Å². The number of rotatable bonds is 2. The van der Waals surface area contributed by atoms with Crippen molar-refractivity contribution in [1.29, 1.82) is 0 Å². The molecule has 0 radical (unpaired) electrons. The third-order valence-corrected chi connectivity index (χ3v) is 4.00. The van der Waals surface area contributed by atoms with Gasteiger partial charge in [0.2, 0.25) is 4.80 Å². The Hall–Kier alpha value is -2.86. The van der Waals surface area contributed by atoms with Crippen LogP contribution in [0.25, 0.3) is 0 Å². The van der Waals surface area contributed by atoms with Crippen molar-refractivity contribution in [3.8, 4) is 18.1 Å². The van der Waals surface area contributed by atoms with E-state index in [9.17, 15) is 14.0 Å². The van der Waals surface area contributed by atoms with E-state index in [1.165, 1.54) is 21.7 Å². The summed E-state index contributed by atoms with van der Waals surface area (Å²) >= 11 is 0.830. The first-order valence-electron chi connectivity index (χ1n) is 6.51. The van der Waals surface area contributed by atoms with Gasteiger partial charge >= 0.3 is 4.87 Å². The molecule has 0 atom stereocenters. The Kier molecular flexibility index (Phi) is 3.75. The summed E-state index contributed by atoms with van der Waals surface area (Å²) in [6.07, 6.45) is 5.27. The van der Waals surface area contributed by atoms with Gasteiger partial charge in [0.25, 0.3) is 5.91 Å². The molecule has 0 saturated heterocycles. The molecule has 2 aromatic rings. The number of halogens is 1. The Labute approximate surface area is 133 Å². The van der Waals surface area contributed by atoms with Crippen LogP contribution in [0.2, 0.25) is 0 Å². The highest BCUT2D eigenvalue weighted by Crippen LogP contribution is 2.41. The molecule has 0 fully saturated rings. The minimum atomic E-state index is -0.625. The average Bonchev–Trinajstić information content (AvgIpc) is 2.82. The van der Waals surface area contributed by atoms with E-state index in [0.717, 1.165) is 11.3 Å². The van der Waals surface area contributed by atoms with E-state index < -0.39 is 5.82 Å². The summed E-state index contributed by atoms with van der Waals surface area (Å²) in [6, 6.07) is 2.59. The molecule has 1 aliphatic heterocycles. The highest BCUT2D eigenvalue weighted by molar-refractivity contribution is 7.06. The Balaban J connectivity index is 2.22. The number of hydrogen-bond acceptors (Lipinski definition) is 5. The summed E-state index contributed by atoms with van der Waals surface area (Å²) in [4.78, 5) is 28.7. The number of H-pyrrole nitrogens is 1. The van der Waals surface area contributed by atoms with Crippen molar-refractivity contribution in [3.05, 3.63) is 32.4 Å². The highest BCUT2D eigenvalue weighted by atomic mass is 32.1. The quantitative estimate of drug-likeness (QED) is 0.813. The lowest BCUT2D eigenvalue weighted by Crippen LogP contribution is -2.39. The highest BCUT2D eigenvalue weighted by Gasteiger charge is 2.28. The number of carbonyl (C=O) groups is 1. The van der Waals surface area contributed by atoms with Crippen molar-refractivity contribution < 1.29 is 13.9 Å². The molecular weight excluding hydrogens is 323 g/mol. The van der Waals surface area contributed by atoms with Crippen molar-refractivity contribution in [2.75, 3.05) is 18.1 Å². The van der Waals surface area contributed by atoms with Gasteiger partial charge in [-0.15, -0.1) is 6.42 Å². The third kappa shape index (κ3) is 2.64. The molecule has 0 saturated carbocycles. The lowest BCUT2D eigenvalue weighted by atomic mass is 10.2. The van der Waals surface area contributed by atoms with Crippen molar-refractivity contribution in [2.24, 2.45) is 12.0 Å². The predicted molar refractivity (Wildman–Crippen MR) is 82.2 cm³/mol. The van der Waals surface area contributed by atoms with Gasteiger partial charge in [0, 0.05) is 7.05 Å². The summed E-state index contributed by atoms with van der Waals surface area (Å²) in [7, 11) is 1.58. The van der Waals surface area contributed by atoms with Crippen molar-refractivity contribution in [1.82, 2.24) is 9.78 Å². The number of fused-ring (bicyclic) bond motifs is 1. The van der Waals surface area contributed by atoms with Crippen molar-refractivity contribution in [2.45, 2.75) is 0 Å². The minimum Gasteiger partial charge on any atom is -0.479 e. The Morgan fingerprint density at radius 3 is 2.96 bits per heavy atom. The van der Waals surface area contributed by atoms with E-state index in [0.29, 0.717) is 5.69 Å². The predicted octanol–water partition coefficient (Wildman–Crippen LogP) is 0.505. The molecule has 9 heteroatoms. The van der Waals surface area contributed by atoms with Gasteiger partial charge in [0.05, 0.1) is 12.2 Å². The molecule has 118 valence electrons. The zero-order chi connectivity index (χ0) is 16.6. The van der Waals surface area contributed by atoms with E-state index in [4.69, 9.17) is 11.2 Å². The minimum absolute atomic E-state index is 0.0472. The van der Waals surface area contributed by atoms with Crippen LogP contribution in [0.15, 0.2) is 21.9 Å². The molecule has 0 unspecified atom stereocenters. The number of benzene rings is 1. The monoisotopic (exact) mass is 334 g/mol. The van der Waals surface area contributed by atoms with Gasteiger partial charge in [-0.05, 0) is 23.5 Å². The molecule has 1 aromatic heterocycles. The summed E-state index contributed by atoms with van der Waals surface area (Å²) in [5, 5.41) is 2.49. The molecule has 3 rings (SSSR count). The molecule has 1 N–H and O–H groups in total. The Bertz CT molecular complexity index is 950. The molecule has 23 heavy (non-hydrogen) atoms. The largest absolute Gasteiger partial charge is 0.479 e. The van der Waals surface area contributed by atoms with E-state index in [1.807, 2.05) is 0 Å². The van der Waals surface area contributed by atoms with Gasteiger partial charge in [-0.2, -0.15) is 0 Å². The van der Waals surface area contributed by atoms with Crippen LogP contribution in [-0.4, -0.2) is 28.8 Å². The first-order valence-corrected chi connectivity index (χ1v) is 7.33. The summed E-state index contributed by atoms with van der Waals surface area (Å²) < 4.78 is 20.9. The van der Waals surface area contributed by atoms with Crippen LogP contribution >= 0.6 is 11.3 Å². The normalized spacial score (nSPS) is 14.4. The van der Waals surface area contributed by atoms with E-state index in [-0.39, 0.29) is 40.2 Å². The van der Waals surface area contributed by atoms with Crippen LogP contribution in [0, 0.1) is 18.2 Å². The number of aromatic nitrogens is 2. The number of ether oxygens (including phenoxy) is 1. The second-order valence-electron chi connectivity index (χ2n) is 4.67. The molecule has 0 spiro atoms. The first kappa shape index (κ1) is 15.1. The average molecular weight is 334 g/mol. The maximum Gasteiger partial charge on any atom is 0.322 e. The number of nitrogens with zero attached hydrogens (tertiary/aromatic N) is 3. The smallest absolute Gasteiger partial charge is 0.322 e. The lowest BCUT2D eigenvalue weighted by Gasteiger charge is -2.28. The number of anilines is 1. The number of terminal acetylenes is 1. The SMILES string of the molecule is C#CCN1C(=O)COc2c1ccc(F)c2N=c1sc(=O)[nH]n1C. The Morgan fingerprint density at radius 2 is 2.30 bits per heavy atom. The van der Waals surface area contributed by atoms with Crippen LogP contribution in [0.5, 0.6) is 5.75 Å². The van der Waals surface area contributed by atoms with Crippen LogP contribution in [-0.2, 0) is 11.8 Å². The van der Waals surface area contributed by atoms with Crippen LogP contribution in [0.4, 0.5) is 15.8 Å². The number of carbonyl (C=O) groups excluding carboxylic acids is 1. The number of aromatic amines is 1. The van der Waals surface area contributed by atoms with Crippen LogP contribution in [0.1, 0.15) is 0 Å². The fourth-order valence-corrected chi connectivity index (χ4v) is 2.83. The molecule has 2 heterocycles. The van der Waals surface area contributed by atoms with Gasteiger partial charge in [0.1, 0.15) is 5.69 Å². The number of amides is 1. The van der Waals surface area contributed by atoms with Gasteiger partial charge in [-0.3, -0.25) is 24.3 Å². The molecule has 7 nitrogen and oxygen atoms in total. The van der Waals surface area contributed by atoms with Gasteiger partial charge in [-0.1, -0.05) is 5.92 Å². The fraction of sp³-hybridized carbons (Fsp3) is 0.214. The molecule has 1 aromatic carbocycles. The lowest BCUT2D eigenvalue weighted by molar-refractivity contribution is -0.121. The zero-order valence-corrected chi connectivity index (χ0v) is 12.8. The van der Waals surface area contributed by atoms with Gasteiger partial charge < -0.3 is 4.74 Å². The Morgan fingerprint density at radius 1 is 1.52 bits per heavy atom. The summed E-state index contributed by atoms with van der Waals surface area (Å²) in [5.41, 5.74) is 0.271. The second kappa shape index (κ2) is 5.73. The van der Waals surface area contributed by atoms with E-state index in [2.05, 4.69) is 16.0 Å². The molecule has 0 aliphatic carbocycles. The van der Waals surface area contributed by atoms with Crippen LogP contribution in [0.3, 0.4) is 0 Å². The van der Waals surface area contributed by atoms with Gasteiger partial charge in [-0.25, -0.2) is 9.38 Å². The topological polar surface area (TPSA) is 79.7 Å². The third-order valence-electron chi connectivity index (χ3n) is 3.18. The maximum atomic E-state index is 14.2. The standard InChI is InChI=1S/C14H11FN4O3S/c1-3-6-19-9-5-4-8(15)11(12(9)22-7-10(19)20)16-13-18(2)17-14(21)23-13/h1,4-5H,6-7H2,2H3,(H,17,21). The number of nitrogens with one attached hydrogen (secondary N) is 1. The molecule has 1 aliphatic rings. The molecular formula is C14H11FN4O3S. The van der Waals surface area contributed by atoms with Crippen molar-refractivity contribution in [3.63, 3.8) is 0 Å². The zero-order valence-electron chi connectivity index (χ0n) is 12.0. The maximum absolute atomic E-state index is 14.2. The molecule has 1 amide bonds. The summed E-state index contributed by atoms with van der Waals surface area (Å²) in [5.74, 6) is 1.57. The first-order chi connectivity index (χ1) is 11.0. The molecule has 0 bridgehead atoms. The van der Waals surface area contributed by atoms with E-state index >= 15 is 0 Å². The van der Waals surface area contributed by atoms with Gasteiger partial charge in [0.15, 0.2) is 18.2 Å². The second-order valence-corrected chi connectivity index (χ2v) is 5.61. The fourth-order valence-electron chi connectivity index (χ4n) is 2.16. The van der Waals surface area contributed by atoms with Crippen LogP contribution < -0.4 is 19.3 Å². The number of aryl methyl sites for hydroxylation is 1. The number of hydrogen-bond donors (Lipinski definition) is 1. The summed E-state index contributed by atoms with van der Waals surface area (Å²) in [6.45, 7) is -0.207. The van der Waals surface area contributed by atoms with E-state index in [1.54, 1.807) is 7.05 Å².